The highest BCUT2D eigenvalue weighted by Gasteiger charge is 2.81. The predicted molar refractivity (Wildman–Crippen MR) is 71.8 cm³/mol. The number of halogens is 3. The monoisotopic (exact) mass is 305 g/mol. The van der Waals surface area contributed by atoms with E-state index in [4.69, 9.17) is 0 Å². The van der Waals surface area contributed by atoms with Gasteiger partial charge in [0.2, 0.25) is 0 Å². The van der Waals surface area contributed by atoms with Gasteiger partial charge >= 0.3 is 12.2 Å². The van der Waals surface area contributed by atoms with E-state index in [-0.39, 0.29) is 25.5 Å². The van der Waals surface area contributed by atoms with E-state index < -0.39 is 17.0 Å². The third kappa shape index (κ3) is 2.39. The van der Waals surface area contributed by atoms with Gasteiger partial charge in [0.05, 0.1) is 5.41 Å². The van der Waals surface area contributed by atoms with Gasteiger partial charge in [-0.25, -0.2) is 4.79 Å². The molecular weight excluding hydrogens is 283 g/mol. The van der Waals surface area contributed by atoms with Gasteiger partial charge in [-0.1, -0.05) is 12.8 Å². The molecule has 120 valence electrons. The Bertz CT molecular complexity index is 420. The molecule has 2 amide bonds. The number of piperidine rings is 1. The van der Waals surface area contributed by atoms with Crippen molar-refractivity contribution in [1.82, 2.24) is 15.5 Å². The fourth-order valence-electron chi connectivity index (χ4n) is 3.96. The van der Waals surface area contributed by atoms with Crippen LogP contribution in [0, 0.1) is 10.8 Å². The minimum absolute atomic E-state index is 0.0178. The summed E-state index contributed by atoms with van der Waals surface area (Å²) in [6.45, 7) is 1.86. The maximum Gasteiger partial charge on any atom is 0.396 e. The van der Waals surface area contributed by atoms with Crippen molar-refractivity contribution < 1.29 is 18.0 Å². The van der Waals surface area contributed by atoms with E-state index in [2.05, 4.69) is 10.6 Å². The predicted octanol–water partition coefficient (Wildman–Crippen LogP) is 2.11. The first kappa shape index (κ1) is 14.9. The fourth-order valence-corrected chi connectivity index (χ4v) is 3.96. The summed E-state index contributed by atoms with van der Waals surface area (Å²) in [6.07, 6.45) is 0.142. The van der Waals surface area contributed by atoms with Gasteiger partial charge in [0, 0.05) is 38.1 Å². The molecule has 0 aromatic carbocycles. The largest absolute Gasteiger partial charge is 0.396 e. The Kier molecular flexibility index (Phi) is 3.58. The van der Waals surface area contributed by atoms with E-state index in [1.165, 1.54) is 0 Å². The Balaban J connectivity index is 1.57. The standard InChI is InChI=1S/C14H22F3N3O/c15-14(16,17)13-7-12(13,8-18-10-13)9-19-11(21)20-5-3-1-2-4-6-20/h18H,1-10H2,(H,19,21)/t12-,13-/m0/s1. The van der Waals surface area contributed by atoms with Gasteiger partial charge in [-0.2, -0.15) is 13.2 Å². The first-order chi connectivity index (χ1) is 9.90. The van der Waals surface area contributed by atoms with Crippen LogP contribution in [0.3, 0.4) is 0 Å². The van der Waals surface area contributed by atoms with Gasteiger partial charge < -0.3 is 15.5 Å². The zero-order valence-electron chi connectivity index (χ0n) is 12.1. The third-order valence-corrected chi connectivity index (χ3v) is 5.43. The van der Waals surface area contributed by atoms with Gasteiger partial charge in [-0.15, -0.1) is 0 Å². The average Bonchev–Trinajstić information content (AvgIpc) is 3.06. The first-order valence-corrected chi connectivity index (χ1v) is 7.71. The van der Waals surface area contributed by atoms with E-state index in [1.807, 2.05) is 0 Å². The van der Waals surface area contributed by atoms with Crippen molar-refractivity contribution in [3.05, 3.63) is 0 Å². The Hall–Kier alpha value is -0.980. The van der Waals surface area contributed by atoms with Crippen LogP contribution >= 0.6 is 0 Å². The molecule has 2 saturated heterocycles. The lowest BCUT2D eigenvalue weighted by atomic mass is 9.95. The molecule has 21 heavy (non-hydrogen) atoms. The molecule has 0 unspecified atom stereocenters. The van der Waals surface area contributed by atoms with Crippen molar-refractivity contribution in [3.8, 4) is 0 Å². The van der Waals surface area contributed by atoms with Gasteiger partial charge in [0.15, 0.2) is 0 Å². The van der Waals surface area contributed by atoms with Crippen LogP contribution in [0.1, 0.15) is 32.1 Å². The second kappa shape index (κ2) is 5.04. The maximum absolute atomic E-state index is 13.2. The number of likely N-dealkylation sites (tertiary alicyclic amines) is 1. The lowest BCUT2D eigenvalue weighted by Gasteiger charge is -2.24. The highest BCUT2D eigenvalue weighted by Crippen LogP contribution is 2.72. The normalized spacial score (nSPS) is 36.0. The van der Waals surface area contributed by atoms with Crippen LogP contribution in [0.4, 0.5) is 18.0 Å². The minimum atomic E-state index is -4.19. The lowest BCUT2D eigenvalue weighted by molar-refractivity contribution is -0.190. The Labute approximate surface area is 122 Å². The molecular formula is C14H22F3N3O. The fraction of sp³-hybridized carbons (Fsp3) is 0.929. The van der Waals surface area contributed by atoms with Crippen molar-refractivity contribution in [2.45, 2.75) is 38.3 Å². The molecule has 2 heterocycles. The quantitative estimate of drug-likeness (QED) is 0.821. The van der Waals surface area contributed by atoms with Crippen molar-refractivity contribution in [2.75, 3.05) is 32.7 Å². The van der Waals surface area contributed by atoms with Gasteiger partial charge in [-0.05, 0) is 19.3 Å². The number of amides is 2. The molecule has 0 aromatic rings. The van der Waals surface area contributed by atoms with E-state index >= 15 is 0 Å². The number of carbonyl (C=O) groups is 1. The van der Waals surface area contributed by atoms with Crippen LogP contribution in [0.2, 0.25) is 0 Å². The summed E-state index contributed by atoms with van der Waals surface area (Å²) >= 11 is 0. The number of carbonyl (C=O) groups excluding carboxylic acids is 1. The number of hydrogen-bond acceptors (Lipinski definition) is 2. The third-order valence-electron chi connectivity index (χ3n) is 5.43. The number of hydrogen-bond donors (Lipinski definition) is 2. The van der Waals surface area contributed by atoms with E-state index in [0.29, 0.717) is 19.6 Å². The van der Waals surface area contributed by atoms with Crippen molar-refractivity contribution in [1.29, 1.82) is 0 Å². The number of nitrogens with one attached hydrogen (secondary N) is 2. The highest BCUT2D eigenvalue weighted by atomic mass is 19.4. The SMILES string of the molecule is O=C(NC[C@]12CNC[C@@]1(C(F)(F)F)C2)N1CCCCCC1. The number of rotatable bonds is 2. The summed E-state index contributed by atoms with van der Waals surface area (Å²) in [5.41, 5.74) is -2.45. The van der Waals surface area contributed by atoms with Crippen LogP contribution in [0.25, 0.3) is 0 Å². The summed E-state index contributed by atoms with van der Waals surface area (Å²) in [7, 11) is 0. The zero-order valence-corrected chi connectivity index (χ0v) is 12.1. The average molecular weight is 305 g/mol. The van der Waals surface area contributed by atoms with E-state index in [1.54, 1.807) is 4.90 Å². The maximum atomic E-state index is 13.2. The molecule has 7 heteroatoms. The molecule has 1 aliphatic carbocycles. The molecule has 3 aliphatic rings. The van der Waals surface area contributed by atoms with Crippen molar-refractivity contribution in [3.63, 3.8) is 0 Å². The molecule has 0 radical (unpaired) electrons. The van der Waals surface area contributed by atoms with Crippen molar-refractivity contribution >= 4 is 6.03 Å². The second-order valence-corrected chi connectivity index (χ2v) is 6.70. The van der Waals surface area contributed by atoms with Gasteiger partial charge in [0.1, 0.15) is 0 Å². The first-order valence-electron chi connectivity index (χ1n) is 7.71. The van der Waals surface area contributed by atoms with Gasteiger partial charge in [-0.3, -0.25) is 0 Å². The molecule has 2 aliphatic heterocycles. The van der Waals surface area contributed by atoms with Crippen molar-refractivity contribution in [2.24, 2.45) is 10.8 Å². The highest BCUT2D eigenvalue weighted by molar-refractivity contribution is 5.74. The summed E-state index contributed by atoms with van der Waals surface area (Å²) in [6, 6.07) is -0.207. The zero-order chi connectivity index (χ0) is 15.1. The smallest absolute Gasteiger partial charge is 0.337 e. The Morgan fingerprint density at radius 3 is 2.38 bits per heavy atom. The van der Waals surface area contributed by atoms with E-state index in [9.17, 15) is 18.0 Å². The van der Waals surface area contributed by atoms with Crippen LogP contribution in [-0.2, 0) is 0 Å². The topological polar surface area (TPSA) is 44.4 Å². The second-order valence-electron chi connectivity index (χ2n) is 6.70. The van der Waals surface area contributed by atoms with Crippen LogP contribution in [-0.4, -0.2) is 49.8 Å². The molecule has 0 aromatic heterocycles. The summed E-state index contributed by atoms with van der Waals surface area (Å²) in [4.78, 5) is 13.9. The Morgan fingerprint density at radius 1 is 1.14 bits per heavy atom. The molecule has 2 atom stereocenters. The molecule has 4 nitrogen and oxygen atoms in total. The van der Waals surface area contributed by atoms with Crippen LogP contribution in [0.5, 0.6) is 0 Å². The molecule has 3 fully saturated rings. The summed E-state index contributed by atoms with van der Waals surface area (Å²) < 4.78 is 39.6. The molecule has 3 rings (SSSR count). The molecule has 0 bridgehead atoms. The Morgan fingerprint density at radius 2 is 1.81 bits per heavy atom. The number of alkyl halides is 3. The number of fused-ring (bicyclic) bond motifs is 1. The number of urea groups is 1. The molecule has 0 spiro atoms. The lowest BCUT2D eigenvalue weighted by Crippen LogP contribution is -2.44. The minimum Gasteiger partial charge on any atom is -0.337 e. The van der Waals surface area contributed by atoms with Crippen LogP contribution < -0.4 is 10.6 Å². The molecule has 2 N–H and O–H groups in total. The van der Waals surface area contributed by atoms with E-state index in [0.717, 1.165) is 25.7 Å². The summed E-state index contributed by atoms with van der Waals surface area (Å²) in [5.74, 6) is 0. The molecule has 1 saturated carbocycles. The summed E-state index contributed by atoms with van der Waals surface area (Å²) in [5, 5.41) is 5.59. The van der Waals surface area contributed by atoms with Crippen LogP contribution in [0.15, 0.2) is 0 Å². The number of nitrogens with zero attached hydrogens (tertiary/aromatic N) is 1. The van der Waals surface area contributed by atoms with Gasteiger partial charge in [0.25, 0.3) is 0 Å².